The summed E-state index contributed by atoms with van der Waals surface area (Å²) in [6.07, 6.45) is 0. The molecule has 0 aliphatic heterocycles. The molecule has 0 bridgehead atoms. The van der Waals surface area contributed by atoms with Gasteiger partial charge in [-0.3, -0.25) is 14.2 Å². The molecule has 0 saturated carbocycles. The molecule has 1 atom stereocenters. The van der Waals surface area contributed by atoms with Gasteiger partial charge in [0.1, 0.15) is 16.5 Å². The highest BCUT2D eigenvalue weighted by atomic mass is 32.2. The van der Waals surface area contributed by atoms with Crippen LogP contribution < -0.4 is 11.1 Å². The van der Waals surface area contributed by atoms with Crippen LogP contribution in [0.5, 0.6) is 0 Å². The topological polar surface area (TPSA) is 80.6 Å². The normalized spacial score (nSPS) is 12.5. The molecule has 5 aromatic rings. The fourth-order valence-electron chi connectivity index (χ4n) is 3.71. The van der Waals surface area contributed by atoms with E-state index in [0.717, 1.165) is 10.4 Å². The van der Waals surface area contributed by atoms with E-state index in [4.69, 9.17) is 0 Å². The van der Waals surface area contributed by atoms with E-state index in [9.17, 15) is 14.0 Å². The molecule has 0 aliphatic carbocycles. The van der Waals surface area contributed by atoms with Crippen molar-refractivity contribution in [3.63, 3.8) is 0 Å². The first-order valence-electron chi connectivity index (χ1n) is 10.3. The Hall–Kier alpha value is -3.30. The average Bonchev–Trinajstić information content (AvgIpc) is 3.08. The summed E-state index contributed by atoms with van der Waals surface area (Å²) in [6.45, 7) is 5.75. The lowest BCUT2D eigenvalue weighted by molar-refractivity contribution is 0.608. The van der Waals surface area contributed by atoms with Gasteiger partial charge >= 0.3 is 0 Å². The summed E-state index contributed by atoms with van der Waals surface area (Å²) in [6, 6.07) is 13.1. The lowest BCUT2D eigenvalue weighted by atomic mass is 10.2. The minimum Gasteiger partial charge on any atom is -0.309 e. The molecule has 2 aromatic carbocycles. The molecule has 166 valence electrons. The van der Waals surface area contributed by atoms with Crippen molar-refractivity contribution in [2.45, 2.75) is 31.2 Å². The molecule has 0 amide bonds. The van der Waals surface area contributed by atoms with Crippen molar-refractivity contribution in [3.8, 4) is 5.69 Å². The van der Waals surface area contributed by atoms with Gasteiger partial charge in [-0.15, -0.1) is 11.3 Å². The van der Waals surface area contributed by atoms with E-state index in [1.54, 1.807) is 42.5 Å². The largest absolute Gasteiger partial charge is 0.309 e. The first-order valence-corrected chi connectivity index (χ1v) is 12.0. The van der Waals surface area contributed by atoms with E-state index in [0.29, 0.717) is 32.1 Å². The highest BCUT2D eigenvalue weighted by Crippen LogP contribution is 2.35. The SMILES string of the molecule is Cc1sc2nc([C@H](C)Sc3nc4ccccc4c(=O)n3-c3ccccc3F)[nH]c(=O)c2c1C. The van der Waals surface area contributed by atoms with Crippen LogP contribution in [0.1, 0.15) is 28.4 Å². The number of H-pyrrole nitrogens is 1. The smallest absolute Gasteiger partial charge is 0.266 e. The van der Waals surface area contributed by atoms with Gasteiger partial charge in [-0.25, -0.2) is 14.4 Å². The van der Waals surface area contributed by atoms with Gasteiger partial charge in [-0.1, -0.05) is 36.0 Å². The maximum absolute atomic E-state index is 14.7. The lowest BCUT2D eigenvalue weighted by Crippen LogP contribution is -2.23. The number of nitrogens with one attached hydrogen (secondary N) is 1. The monoisotopic (exact) mass is 478 g/mol. The van der Waals surface area contributed by atoms with Crippen LogP contribution >= 0.6 is 23.1 Å². The summed E-state index contributed by atoms with van der Waals surface area (Å²) in [7, 11) is 0. The Bertz CT molecular complexity index is 1650. The van der Waals surface area contributed by atoms with E-state index >= 15 is 0 Å². The highest BCUT2D eigenvalue weighted by molar-refractivity contribution is 7.99. The molecule has 6 nitrogen and oxygen atoms in total. The molecule has 3 heterocycles. The van der Waals surface area contributed by atoms with Crippen LogP contribution in [0.25, 0.3) is 26.8 Å². The summed E-state index contributed by atoms with van der Waals surface area (Å²) in [5, 5.41) is 0.967. The number of aromatic amines is 1. The van der Waals surface area contributed by atoms with Gasteiger partial charge in [0, 0.05) is 4.88 Å². The number of hydrogen-bond acceptors (Lipinski definition) is 6. The van der Waals surface area contributed by atoms with Crippen LogP contribution in [0.2, 0.25) is 0 Å². The second kappa shape index (κ2) is 8.24. The molecule has 0 aliphatic rings. The minimum absolute atomic E-state index is 0.122. The number of aromatic nitrogens is 4. The van der Waals surface area contributed by atoms with Gasteiger partial charge < -0.3 is 4.98 Å². The predicted octanol–water partition coefficient (Wildman–Crippen LogP) is 5.29. The van der Waals surface area contributed by atoms with E-state index in [2.05, 4.69) is 15.0 Å². The third-order valence-corrected chi connectivity index (χ3v) is 7.73. The van der Waals surface area contributed by atoms with Gasteiger partial charge in [-0.2, -0.15) is 0 Å². The number of hydrogen-bond donors (Lipinski definition) is 1. The maximum atomic E-state index is 14.7. The number of para-hydroxylation sites is 2. The van der Waals surface area contributed by atoms with Crippen LogP contribution in [-0.2, 0) is 0 Å². The Morgan fingerprint density at radius 1 is 1.06 bits per heavy atom. The summed E-state index contributed by atoms with van der Waals surface area (Å²) in [4.78, 5) is 40.0. The number of halogens is 1. The van der Waals surface area contributed by atoms with Gasteiger partial charge in [-0.05, 0) is 50.6 Å². The van der Waals surface area contributed by atoms with Crippen molar-refractivity contribution >= 4 is 44.2 Å². The quantitative estimate of drug-likeness (QED) is 0.280. The first kappa shape index (κ1) is 21.5. The number of nitrogens with zero attached hydrogens (tertiary/aromatic N) is 3. The van der Waals surface area contributed by atoms with E-state index in [1.165, 1.54) is 33.7 Å². The zero-order valence-corrected chi connectivity index (χ0v) is 19.7. The van der Waals surface area contributed by atoms with Crippen LogP contribution in [0.15, 0.2) is 63.3 Å². The fraction of sp³-hybridized carbons (Fsp3) is 0.167. The number of rotatable bonds is 4. The molecule has 0 radical (unpaired) electrons. The predicted molar refractivity (Wildman–Crippen MR) is 131 cm³/mol. The van der Waals surface area contributed by atoms with Crippen molar-refractivity contribution in [1.29, 1.82) is 0 Å². The van der Waals surface area contributed by atoms with Crippen LogP contribution in [-0.4, -0.2) is 19.5 Å². The van der Waals surface area contributed by atoms with Gasteiger partial charge in [0.25, 0.3) is 11.1 Å². The first-order chi connectivity index (χ1) is 15.8. The molecule has 3 aromatic heterocycles. The molecule has 9 heteroatoms. The molecule has 0 saturated heterocycles. The van der Waals surface area contributed by atoms with Gasteiger partial charge in [0.2, 0.25) is 0 Å². The Balaban J connectivity index is 1.67. The maximum Gasteiger partial charge on any atom is 0.266 e. The fourth-order valence-corrected chi connectivity index (χ4v) is 5.73. The van der Waals surface area contributed by atoms with Crippen molar-refractivity contribution in [2.75, 3.05) is 0 Å². The van der Waals surface area contributed by atoms with Crippen LogP contribution in [0.3, 0.4) is 0 Å². The third-order valence-electron chi connectivity index (χ3n) is 5.56. The lowest BCUT2D eigenvalue weighted by Gasteiger charge is -2.16. The Morgan fingerprint density at radius 3 is 2.58 bits per heavy atom. The number of aryl methyl sites for hydroxylation is 2. The molecule has 0 spiro atoms. The molecule has 5 rings (SSSR count). The zero-order valence-electron chi connectivity index (χ0n) is 18.0. The van der Waals surface area contributed by atoms with Crippen molar-refractivity contribution in [3.05, 3.63) is 91.3 Å². The number of thioether (sulfide) groups is 1. The average molecular weight is 479 g/mol. The molecule has 1 N–H and O–H groups in total. The summed E-state index contributed by atoms with van der Waals surface area (Å²) < 4.78 is 16.0. The van der Waals surface area contributed by atoms with E-state index in [-0.39, 0.29) is 22.1 Å². The number of benzene rings is 2. The minimum atomic E-state index is -0.524. The van der Waals surface area contributed by atoms with Crippen molar-refractivity contribution in [1.82, 2.24) is 19.5 Å². The van der Waals surface area contributed by atoms with Gasteiger partial charge in [0.05, 0.1) is 27.2 Å². The highest BCUT2D eigenvalue weighted by Gasteiger charge is 2.21. The summed E-state index contributed by atoms with van der Waals surface area (Å²) in [5.41, 5.74) is 1.02. The van der Waals surface area contributed by atoms with E-state index < -0.39 is 5.82 Å². The molecule has 0 unspecified atom stereocenters. The zero-order chi connectivity index (χ0) is 23.3. The Kier molecular flexibility index (Phi) is 5.38. The van der Waals surface area contributed by atoms with Crippen molar-refractivity contribution < 1.29 is 4.39 Å². The van der Waals surface area contributed by atoms with E-state index in [1.807, 2.05) is 20.8 Å². The van der Waals surface area contributed by atoms with Crippen LogP contribution in [0, 0.1) is 19.7 Å². The van der Waals surface area contributed by atoms with Crippen molar-refractivity contribution in [2.24, 2.45) is 0 Å². The Morgan fingerprint density at radius 2 is 1.79 bits per heavy atom. The molecular weight excluding hydrogens is 459 g/mol. The third kappa shape index (κ3) is 3.67. The number of thiophene rings is 1. The molecule has 0 fully saturated rings. The summed E-state index contributed by atoms with van der Waals surface area (Å²) >= 11 is 2.72. The summed E-state index contributed by atoms with van der Waals surface area (Å²) in [5.74, 6) is -0.0510. The number of fused-ring (bicyclic) bond motifs is 2. The standard InChI is InChI=1S/C24H19FN4O2S2/c1-12-13(2)32-22-19(12)21(30)27-20(28-22)14(3)33-24-26-17-10-6-4-8-15(17)23(31)29(24)18-11-7-5-9-16(18)25/h4-11,14H,1-3H3,(H,27,28,30)/t14-/m0/s1. The second-order valence-electron chi connectivity index (χ2n) is 7.68. The molecule has 33 heavy (non-hydrogen) atoms. The molecular formula is C24H19FN4O2S2. The second-order valence-corrected chi connectivity index (χ2v) is 10.2. The van der Waals surface area contributed by atoms with Gasteiger partial charge in [0.15, 0.2) is 5.16 Å². The van der Waals surface area contributed by atoms with Crippen LogP contribution in [0.4, 0.5) is 4.39 Å². The Labute approximate surface area is 196 Å².